The van der Waals surface area contributed by atoms with Gasteiger partial charge in [-0.05, 0) is 55.7 Å². The summed E-state index contributed by atoms with van der Waals surface area (Å²) < 4.78 is 46.9. The van der Waals surface area contributed by atoms with E-state index in [0.717, 1.165) is 53.2 Å². The van der Waals surface area contributed by atoms with Gasteiger partial charge >= 0.3 is 6.18 Å². The van der Waals surface area contributed by atoms with Crippen LogP contribution in [-0.4, -0.2) is 21.5 Å². The largest absolute Gasteiger partial charge is 0.496 e. The highest BCUT2D eigenvalue weighted by Gasteiger charge is 2.32. The Hall–Kier alpha value is -3.35. The average molecular weight is 423 g/mol. The molecule has 1 aliphatic carbocycles. The summed E-state index contributed by atoms with van der Waals surface area (Å²) in [6.07, 6.45) is 1.17. The van der Waals surface area contributed by atoms with E-state index >= 15 is 0 Å². The number of hydrogen-bond acceptors (Lipinski definition) is 3. The second-order valence-corrected chi connectivity index (χ2v) is 7.88. The van der Waals surface area contributed by atoms with Crippen LogP contribution in [0.4, 0.5) is 13.2 Å². The zero-order valence-electron chi connectivity index (χ0n) is 17.1. The molecule has 0 saturated heterocycles. The van der Waals surface area contributed by atoms with E-state index in [1.54, 1.807) is 25.6 Å². The Balaban J connectivity index is 1.69. The molecule has 0 bridgehead atoms. The van der Waals surface area contributed by atoms with Crippen molar-refractivity contribution in [3.63, 3.8) is 0 Å². The topological polar surface area (TPSA) is 39.4 Å². The first kappa shape index (κ1) is 19.6. The fourth-order valence-electron chi connectivity index (χ4n) is 3.93. The molecule has 0 aliphatic heterocycles. The zero-order valence-corrected chi connectivity index (χ0v) is 17.1. The van der Waals surface area contributed by atoms with Gasteiger partial charge in [0.1, 0.15) is 5.75 Å². The predicted molar refractivity (Wildman–Crippen MR) is 112 cm³/mol. The van der Waals surface area contributed by atoms with Gasteiger partial charge in [0.2, 0.25) is 0 Å². The summed E-state index contributed by atoms with van der Waals surface area (Å²) in [6, 6.07) is 11.2. The zero-order chi connectivity index (χ0) is 21.8. The van der Waals surface area contributed by atoms with Crippen molar-refractivity contribution in [3.05, 3.63) is 71.7 Å². The maximum absolute atomic E-state index is 13.2. The molecule has 1 saturated carbocycles. The fraction of sp³-hybridized carbons (Fsp3) is 0.250. The third-order valence-electron chi connectivity index (χ3n) is 5.65. The monoisotopic (exact) mass is 423 g/mol. The Bertz CT molecular complexity index is 1290. The Morgan fingerprint density at radius 1 is 1.06 bits per heavy atom. The normalized spacial score (nSPS) is 14.2. The van der Waals surface area contributed by atoms with Crippen LogP contribution in [0.15, 0.2) is 54.9 Å². The van der Waals surface area contributed by atoms with Gasteiger partial charge in [-0.1, -0.05) is 12.1 Å². The molecule has 158 valence electrons. The first-order valence-corrected chi connectivity index (χ1v) is 10.1. The molecule has 5 rings (SSSR count). The van der Waals surface area contributed by atoms with Gasteiger partial charge in [-0.15, -0.1) is 0 Å². The molecule has 0 N–H and O–H groups in total. The van der Waals surface area contributed by atoms with Crippen LogP contribution < -0.4 is 4.74 Å². The molecule has 0 unspecified atom stereocenters. The molecule has 0 radical (unpaired) electrons. The molecule has 0 spiro atoms. The Morgan fingerprint density at radius 3 is 2.55 bits per heavy atom. The number of hydrogen-bond donors (Lipinski definition) is 0. The van der Waals surface area contributed by atoms with Crippen LogP contribution in [0.1, 0.15) is 35.6 Å². The summed E-state index contributed by atoms with van der Waals surface area (Å²) in [7, 11) is 1.64. The lowest BCUT2D eigenvalue weighted by atomic mass is 10.0. The van der Waals surface area contributed by atoms with Gasteiger partial charge < -0.3 is 4.74 Å². The summed E-state index contributed by atoms with van der Waals surface area (Å²) in [6.45, 7) is 1.98. The highest BCUT2D eigenvalue weighted by Crippen LogP contribution is 2.45. The molecule has 4 nitrogen and oxygen atoms in total. The van der Waals surface area contributed by atoms with Crippen LogP contribution in [-0.2, 0) is 6.18 Å². The van der Waals surface area contributed by atoms with E-state index < -0.39 is 11.7 Å². The van der Waals surface area contributed by atoms with Gasteiger partial charge in [-0.3, -0.25) is 9.38 Å². The van der Waals surface area contributed by atoms with E-state index in [-0.39, 0.29) is 0 Å². The lowest BCUT2D eigenvalue weighted by molar-refractivity contribution is -0.137. The van der Waals surface area contributed by atoms with E-state index in [0.29, 0.717) is 22.8 Å². The molecule has 4 aromatic rings. The summed E-state index contributed by atoms with van der Waals surface area (Å²) in [5.74, 6) is 1.20. The number of halogens is 3. The van der Waals surface area contributed by atoms with Crippen LogP contribution in [0.5, 0.6) is 5.75 Å². The number of ether oxygens (including phenoxy) is 1. The van der Waals surface area contributed by atoms with E-state index in [2.05, 4.69) is 11.1 Å². The van der Waals surface area contributed by atoms with E-state index in [4.69, 9.17) is 9.72 Å². The van der Waals surface area contributed by atoms with Crippen molar-refractivity contribution in [2.75, 3.05) is 7.11 Å². The molecule has 31 heavy (non-hydrogen) atoms. The number of rotatable bonds is 4. The minimum Gasteiger partial charge on any atom is -0.496 e. The van der Waals surface area contributed by atoms with Gasteiger partial charge in [0.15, 0.2) is 5.65 Å². The number of aromatic nitrogens is 3. The van der Waals surface area contributed by atoms with Gasteiger partial charge in [-0.2, -0.15) is 13.2 Å². The van der Waals surface area contributed by atoms with Crippen LogP contribution in [0.3, 0.4) is 0 Å². The number of aryl methyl sites for hydroxylation is 1. The summed E-state index contributed by atoms with van der Waals surface area (Å²) >= 11 is 0. The molecule has 2 aromatic heterocycles. The van der Waals surface area contributed by atoms with Gasteiger partial charge in [0.25, 0.3) is 0 Å². The number of alkyl halides is 3. The minimum absolute atomic E-state index is 0.398. The lowest BCUT2D eigenvalue weighted by Gasteiger charge is -2.11. The van der Waals surface area contributed by atoms with Crippen LogP contribution in [0.25, 0.3) is 28.2 Å². The fourth-order valence-corrected chi connectivity index (χ4v) is 3.93. The van der Waals surface area contributed by atoms with Crippen molar-refractivity contribution in [2.45, 2.75) is 31.9 Å². The Labute approximate surface area is 177 Å². The minimum atomic E-state index is -4.40. The third-order valence-corrected chi connectivity index (χ3v) is 5.65. The van der Waals surface area contributed by atoms with E-state index in [9.17, 15) is 13.2 Å². The van der Waals surface area contributed by atoms with Crippen molar-refractivity contribution in [1.29, 1.82) is 0 Å². The first-order chi connectivity index (χ1) is 14.8. The summed E-state index contributed by atoms with van der Waals surface area (Å²) in [5.41, 5.74) is 4.83. The molecule has 7 heteroatoms. The first-order valence-electron chi connectivity index (χ1n) is 10.1. The number of fused-ring (bicyclic) bond motifs is 1. The molecule has 1 aliphatic rings. The quantitative estimate of drug-likeness (QED) is 0.388. The van der Waals surface area contributed by atoms with E-state index in [1.807, 2.05) is 23.5 Å². The Kier molecular flexibility index (Phi) is 4.50. The van der Waals surface area contributed by atoms with Gasteiger partial charge in [0, 0.05) is 23.2 Å². The molecule has 2 heterocycles. The van der Waals surface area contributed by atoms with Crippen molar-refractivity contribution in [2.24, 2.45) is 0 Å². The lowest BCUT2D eigenvalue weighted by Crippen LogP contribution is -2.04. The van der Waals surface area contributed by atoms with Crippen molar-refractivity contribution in [1.82, 2.24) is 14.4 Å². The maximum Gasteiger partial charge on any atom is 0.416 e. The smallest absolute Gasteiger partial charge is 0.416 e. The molecule has 1 fully saturated rings. The maximum atomic E-state index is 13.2. The number of imidazole rings is 1. The number of methoxy groups -OCH3 is 1. The SMILES string of the molecule is COc1ccc(-c2c(C3CC3)nc3cnc(-c4cccc(C(F)(F)F)c4)cn23)cc1C. The molecular formula is C24H20F3N3O. The van der Waals surface area contributed by atoms with Crippen molar-refractivity contribution >= 4 is 5.65 Å². The second-order valence-electron chi connectivity index (χ2n) is 7.88. The predicted octanol–water partition coefficient (Wildman–Crippen LogP) is 6.28. The van der Waals surface area contributed by atoms with Crippen molar-refractivity contribution < 1.29 is 17.9 Å². The Morgan fingerprint density at radius 2 is 1.87 bits per heavy atom. The van der Waals surface area contributed by atoms with Crippen molar-refractivity contribution in [3.8, 4) is 28.3 Å². The third kappa shape index (κ3) is 3.54. The highest BCUT2D eigenvalue weighted by molar-refractivity contribution is 5.71. The highest BCUT2D eigenvalue weighted by atomic mass is 19.4. The van der Waals surface area contributed by atoms with Crippen LogP contribution in [0.2, 0.25) is 0 Å². The standard InChI is InChI=1S/C24H20F3N3O/c1-14-10-17(8-9-20(14)31-2)23-22(15-6-7-15)29-21-12-28-19(13-30(21)23)16-4-3-5-18(11-16)24(25,26)27/h3-5,8-13,15H,6-7H2,1-2H3. The number of nitrogens with zero attached hydrogens (tertiary/aromatic N) is 3. The summed E-state index contributed by atoms with van der Waals surface area (Å²) in [5, 5.41) is 0. The van der Waals surface area contributed by atoms with E-state index in [1.165, 1.54) is 6.07 Å². The molecule has 0 amide bonds. The number of benzene rings is 2. The van der Waals surface area contributed by atoms with Gasteiger partial charge in [-0.25, -0.2) is 4.98 Å². The summed E-state index contributed by atoms with van der Waals surface area (Å²) in [4.78, 5) is 9.21. The molecular weight excluding hydrogens is 403 g/mol. The van der Waals surface area contributed by atoms with Crippen LogP contribution >= 0.6 is 0 Å². The average Bonchev–Trinajstić information content (AvgIpc) is 3.53. The molecule has 2 aromatic carbocycles. The van der Waals surface area contributed by atoms with Crippen LogP contribution in [0, 0.1) is 6.92 Å². The second kappa shape index (κ2) is 7.11. The molecule has 0 atom stereocenters. The van der Waals surface area contributed by atoms with Gasteiger partial charge in [0.05, 0.1) is 36.0 Å².